The second-order valence-corrected chi connectivity index (χ2v) is 6.57. The van der Waals surface area contributed by atoms with E-state index in [0.717, 1.165) is 37.2 Å². The molecule has 136 valence electrons. The number of aliphatic hydroxyl groups is 1. The van der Waals surface area contributed by atoms with Crippen LogP contribution in [0, 0.1) is 0 Å². The third-order valence-electron chi connectivity index (χ3n) is 4.56. The molecule has 25 heavy (non-hydrogen) atoms. The third kappa shape index (κ3) is 5.37. The van der Waals surface area contributed by atoms with Crippen LogP contribution in [-0.2, 0) is 11.3 Å². The summed E-state index contributed by atoms with van der Waals surface area (Å²) >= 11 is 0. The highest BCUT2D eigenvalue weighted by Crippen LogP contribution is 2.18. The quantitative estimate of drug-likeness (QED) is 0.761. The van der Waals surface area contributed by atoms with Crippen molar-refractivity contribution in [3.63, 3.8) is 0 Å². The van der Waals surface area contributed by atoms with Crippen molar-refractivity contribution in [2.45, 2.75) is 31.5 Å². The number of piperidine rings is 1. The predicted octanol–water partition coefficient (Wildman–Crippen LogP) is 1.90. The Hall–Kier alpha value is -1.73. The number of nitrogens with one attached hydrogen (secondary N) is 1. The molecule has 1 unspecified atom stereocenters. The van der Waals surface area contributed by atoms with Crippen LogP contribution in [0.1, 0.15) is 18.5 Å². The van der Waals surface area contributed by atoms with Crippen LogP contribution in [0.4, 0.5) is 0 Å². The molecular weight excluding hydrogens is 318 g/mol. The normalized spacial score (nSPS) is 17.7. The topological polar surface area (TPSA) is 70.8 Å². The van der Waals surface area contributed by atoms with Gasteiger partial charge < -0.3 is 24.5 Å². The number of β-amino-alcohol motifs (C(OH)–C–C–N with tert-alkyl or cyclic N) is 1. The molecule has 3 rings (SSSR count). The van der Waals surface area contributed by atoms with Crippen LogP contribution in [0.3, 0.4) is 0 Å². The Morgan fingerprint density at radius 2 is 2.08 bits per heavy atom. The van der Waals surface area contributed by atoms with Crippen molar-refractivity contribution >= 4 is 0 Å². The van der Waals surface area contributed by atoms with E-state index in [1.165, 1.54) is 0 Å². The largest absolute Gasteiger partial charge is 0.444 e. The first-order valence-corrected chi connectivity index (χ1v) is 8.87. The lowest BCUT2D eigenvalue weighted by Crippen LogP contribution is -2.45. The molecule has 0 aliphatic carbocycles. The van der Waals surface area contributed by atoms with E-state index in [-0.39, 0.29) is 0 Å². The van der Waals surface area contributed by atoms with Gasteiger partial charge in [-0.3, -0.25) is 0 Å². The minimum atomic E-state index is -0.402. The number of aromatic nitrogens is 1. The standard InChI is InChI=1S/C19H27N3O3/c1-24-14-18(23)12-22-9-7-16(8-10-22)20-11-17-13-25-19(21-17)15-5-3-2-4-6-15/h2-6,13,16,18,20,23H,7-12,14H2,1H3. The second-order valence-electron chi connectivity index (χ2n) is 6.57. The maximum Gasteiger partial charge on any atom is 0.226 e. The van der Waals surface area contributed by atoms with Gasteiger partial charge in [0, 0.05) is 31.8 Å². The molecule has 0 spiro atoms. The van der Waals surface area contributed by atoms with E-state index in [0.29, 0.717) is 31.6 Å². The molecule has 2 heterocycles. The van der Waals surface area contributed by atoms with Crippen LogP contribution >= 0.6 is 0 Å². The molecule has 1 aliphatic rings. The fraction of sp³-hybridized carbons (Fsp3) is 0.526. The average molecular weight is 345 g/mol. The van der Waals surface area contributed by atoms with E-state index in [9.17, 15) is 5.11 Å². The van der Waals surface area contributed by atoms with E-state index in [2.05, 4.69) is 15.2 Å². The third-order valence-corrected chi connectivity index (χ3v) is 4.56. The first-order valence-electron chi connectivity index (χ1n) is 8.87. The van der Waals surface area contributed by atoms with Crippen LogP contribution in [0.25, 0.3) is 11.5 Å². The smallest absolute Gasteiger partial charge is 0.226 e. The van der Waals surface area contributed by atoms with Crippen LogP contribution in [0.15, 0.2) is 41.0 Å². The SMILES string of the molecule is COCC(O)CN1CCC(NCc2coc(-c3ccccc3)n2)CC1. The molecular formula is C19H27N3O3. The summed E-state index contributed by atoms with van der Waals surface area (Å²) in [4.78, 5) is 6.85. The van der Waals surface area contributed by atoms with Gasteiger partial charge in [-0.1, -0.05) is 18.2 Å². The molecule has 0 radical (unpaired) electrons. The van der Waals surface area contributed by atoms with Crippen molar-refractivity contribution < 1.29 is 14.3 Å². The molecule has 1 atom stereocenters. The number of hydrogen-bond acceptors (Lipinski definition) is 6. The van der Waals surface area contributed by atoms with Crippen LogP contribution in [-0.4, -0.2) is 60.5 Å². The number of likely N-dealkylation sites (tertiary alicyclic amines) is 1. The van der Waals surface area contributed by atoms with Crippen molar-refractivity contribution in [1.29, 1.82) is 0 Å². The maximum absolute atomic E-state index is 9.81. The van der Waals surface area contributed by atoms with Crippen molar-refractivity contribution in [1.82, 2.24) is 15.2 Å². The first-order chi connectivity index (χ1) is 12.2. The number of rotatable bonds is 8. The average Bonchev–Trinajstić information content (AvgIpc) is 3.11. The highest BCUT2D eigenvalue weighted by Gasteiger charge is 2.21. The summed E-state index contributed by atoms with van der Waals surface area (Å²) in [5.41, 5.74) is 1.92. The van der Waals surface area contributed by atoms with Crippen LogP contribution in [0.5, 0.6) is 0 Å². The zero-order valence-electron chi connectivity index (χ0n) is 14.7. The van der Waals surface area contributed by atoms with Gasteiger partial charge in [0.15, 0.2) is 0 Å². The zero-order chi connectivity index (χ0) is 17.5. The number of aliphatic hydroxyl groups excluding tert-OH is 1. The molecule has 1 aromatic heterocycles. The molecule has 1 fully saturated rings. The molecule has 6 nitrogen and oxygen atoms in total. The molecule has 1 aromatic carbocycles. The van der Waals surface area contributed by atoms with Gasteiger partial charge >= 0.3 is 0 Å². The Balaban J connectivity index is 1.41. The second kappa shape index (κ2) is 9.10. The Kier molecular flexibility index (Phi) is 6.58. The van der Waals surface area contributed by atoms with Gasteiger partial charge in [-0.05, 0) is 38.1 Å². The van der Waals surface area contributed by atoms with Gasteiger partial charge in [-0.15, -0.1) is 0 Å². The summed E-state index contributed by atoms with van der Waals surface area (Å²) in [5, 5.41) is 13.4. The molecule has 2 N–H and O–H groups in total. The fourth-order valence-corrected chi connectivity index (χ4v) is 3.21. The number of nitrogens with zero attached hydrogens (tertiary/aromatic N) is 2. The number of oxazole rings is 1. The Bertz CT molecular complexity index is 624. The lowest BCUT2D eigenvalue weighted by Gasteiger charge is -2.33. The minimum Gasteiger partial charge on any atom is -0.444 e. The summed E-state index contributed by atoms with van der Waals surface area (Å²) < 4.78 is 10.6. The van der Waals surface area contributed by atoms with Gasteiger partial charge in [0.2, 0.25) is 5.89 Å². The number of hydrogen-bond donors (Lipinski definition) is 2. The fourth-order valence-electron chi connectivity index (χ4n) is 3.21. The van der Waals surface area contributed by atoms with Crippen LogP contribution in [0.2, 0.25) is 0 Å². The van der Waals surface area contributed by atoms with Gasteiger partial charge in [0.05, 0.1) is 18.4 Å². The number of ether oxygens (including phenoxy) is 1. The molecule has 2 aromatic rings. The van der Waals surface area contributed by atoms with Crippen LogP contribution < -0.4 is 5.32 Å². The van der Waals surface area contributed by atoms with Crippen molar-refractivity contribution in [2.24, 2.45) is 0 Å². The molecule has 1 aliphatic heterocycles. The lowest BCUT2D eigenvalue weighted by molar-refractivity contribution is 0.0310. The monoisotopic (exact) mass is 345 g/mol. The molecule has 0 saturated carbocycles. The van der Waals surface area contributed by atoms with E-state index >= 15 is 0 Å². The van der Waals surface area contributed by atoms with Gasteiger partial charge in [0.25, 0.3) is 0 Å². The molecule has 0 amide bonds. The highest BCUT2D eigenvalue weighted by atomic mass is 16.5. The summed E-state index contributed by atoms with van der Waals surface area (Å²) in [7, 11) is 1.62. The van der Waals surface area contributed by atoms with E-state index in [4.69, 9.17) is 9.15 Å². The van der Waals surface area contributed by atoms with Crippen molar-refractivity contribution in [3.05, 3.63) is 42.3 Å². The minimum absolute atomic E-state index is 0.397. The van der Waals surface area contributed by atoms with E-state index in [1.807, 2.05) is 30.3 Å². The van der Waals surface area contributed by atoms with Gasteiger partial charge in [-0.25, -0.2) is 4.98 Å². The Morgan fingerprint density at radius 3 is 2.80 bits per heavy atom. The summed E-state index contributed by atoms with van der Waals surface area (Å²) in [6.07, 6.45) is 3.47. The summed E-state index contributed by atoms with van der Waals surface area (Å²) in [6.45, 7) is 3.78. The van der Waals surface area contributed by atoms with Crippen molar-refractivity contribution in [3.8, 4) is 11.5 Å². The van der Waals surface area contributed by atoms with E-state index in [1.54, 1.807) is 13.4 Å². The molecule has 1 saturated heterocycles. The highest BCUT2D eigenvalue weighted by molar-refractivity contribution is 5.52. The van der Waals surface area contributed by atoms with Crippen molar-refractivity contribution in [2.75, 3.05) is 33.4 Å². The lowest BCUT2D eigenvalue weighted by atomic mass is 10.0. The number of benzene rings is 1. The van der Waals surface area contributed by atoms with E-state index < -0.39 is 6.10 Å². The van der Waals surface area contributed by atoms with Gasteiger partial charge in [-0.2, -0.15) is 0 Å². The Labute approximate surface area is 148 Å². The predicted molar refractivity (Wildman–Crippen MR) is 96.1 cm³/mol. The Morgan fingerprint density at radius 1 is 1.32 bits per heavy atom. The molecule has 0 bridgehead atoms. The summed E-state index contributed by atoms with van der Waals surface area (Å²) in [5.74, 6) is 0.666. The first kappa shape index (κ1) is 18.1. The van der Waals surface area contributed by atoms with Gasteiger partial charge in [0.1, 0.15) is 6.26 Å². The maximum atomic E-state index is 9.81. The summed E-state index contributed by atoms with van der Waals surface area (Å²) in [6, 6.07) is 10.4. The zero-order valence-corrected chi connectivity index (χ0v) is 14.7. The number of methoxy groups -OCH3 is 1. The molecule has 6 heteroatoms.